The first-order valence-corrected chi connectivity index (χ1v) is 9.87. The molecule has 1 aliphatic rings. The van der Waals surface area contributed by atoms with E-state index in [1.807, 2.05) is 29.6 Å². The van der Waals surface area contributed by atoms with E-state index in [2.05, 4.69) is 28.5 Å². The van der Waals surface area contributed by atoms with Crippen molar-refractivity contribution in [2.75, 3.05) is 23.3 Å². The largest absolute Gasteiger partial charge is 0.371 e. The van der Waals surface area contributed by atoms with E-state index in [1.54, 1.807) is 0 Å². The number of hydrogen-bond acceptors (Lipinski definition) is 4. The van der Waals surface area contributed by atoms with Gasteiger partial charge in [-0.2, -0.15) is 0 Å². The number of amides is 2. The highest BCUT2D eigenvalue weighted by molar-refractivity contribution is 7.10. The molecule has 6 heteroatoms. The van der Waals surface area contributed by atoms with Crippen LogP contribution in [0.5, 0.6) is 0 Å². The minimum absolute atomic E-state index is 0.106. The van der Waals surface area contributed by atoms with Gasteiger partial charge >= 0.3 is 0 Å². The van der Waals surface area contributed by atoms with E-state index < -0.39 is 0 Å². The molecule has 1 aromatic carbocycles. The van der Waals surface area contributed by atoms with E-state index in [4.69, 9.17) is 0 Å². The van der Waals surface area contributed by atoms with Crippen LogP contribution in [-0.2, 0) is 9.59 Å². The summed E-state index contributed by atoms with van der Waals surface area (Å²) in [6.45, 7) is 5.76. The minimum Gasteiger partial charge on any atom is -0.371 e. The standard InChI is InChI=1S/C20H25N3O2S/c1-14-12-16(7-8-18(14)23-9-3-4-10-23)22-20(25)13-17(21-15(2)24)19-6-5-11-26-19/h5-8,11-12,17H,3-4,9-10,13H2,1-2H3,(H,21,24)(H,22,25). The fraction of sp³-hybridized carbons (Fsp3) is 0.400. The third-order valence-corrected chi connectivity index (χ3v) is 5.57. The molecule has 1 atom stereocenters. The van der Waals surface area contributed by atoms with Crippen molar-refractivity contribution in [3.8, 4) is 0 Å². The Kier molecular flexibility index (Phi) is 5.93. The number of nitrogens with one attached hydrogen (secondary N) is 2. The molecule has 0 saturated carbocycles. The van der Waals surface area contributed by atoms with E-state index in [-0.39, 0.29) is 24.3 Å². The van der Waals surface area contributed by atoms with E-state index in [0.717, 1.165) is 23.7 Å². The van der Waals surface area contributed by atoms with Crippen LogP contribution in [0.3, 0.4) is 0 Å². The van der Waals surface area contributed by atoms with Crippen LogP contribution in [0.2, 0.25) is 0 Å². The van der Waals surface area contributed by atoms with Gasteiger partial charge in [0.25, 0.3) is 0 Å². The third-order valence-electron chi connectivity index (χ3n) is 4.58. The predicted octanol–water partition coefficient (Wildman–Crippen LogP) is 3.86. The van der Waals surface area contributed by atoms with Gasteiger partial charge in [0, 0.05) is 36.3 Å². The summed E-state index contributed by atoms with van der Waals surface area (Å²) in [7, 11) is 0. The number of nitrogens with zero attached hydrogens (tertiary/aromatic N) is 1. The van der Waals surface area contributed by atoms with Crippen molar-refractivity contribution in [3.63, 3.8) is 0 Å². The number of hydrogen-bond donors (Lipinski definition) is 2. The second kappa shape index (κ2) is 8.36. The van der Waals surface area contributed by atoms with E-state index in [0.29, 0.717) is 0 Å². The van der Waals surface area contributed by atoms with E-state index in [1.165, 1.54) is 42.4 Å². The smallest absolute Gasteiger partial charge is 0.226 e. The van der Waals surface area contributed by atoms with Gasteiger partial charge in [0.1, 0.15) is 0 Å². The van der Waals surface area contributed by atoms with Gasteiger partial charge in [-0.3, -0.25) is 9.59 Å². The lowest BCUT2D eigenvalue weighted by atomic mass is 10.1. The molecule has 1 aromatic heterocycles. The molecule has 0 aliphatic carbocycles. The van der Waals surface area contributed by atoms with Gasteiger partial charge < -0.3 is 15.5 Å². The zero-order valence-electron chi connectivity index (χ0n) is 15.2. The average Bonchev–Trinajstić information content (AvgIpc) is 3.28. The molecule has 2 N–H and O–H groups in total. The molecule has 2 aromatic rings. The van der Waals surface area contributed by atoms with Crippen LogP contribution in [0, 0.1) is 6.92 Å². The first-order chi connectivity index (χ1) is 12.5. The molecular weight excluding hydrogens is 346 g/mol. The molecule has 1 saturated heterocycles. The molecule has 0 spiro atoms. The van der Waals surface area contributed by atoms with Crippen molar-refractivity contribution in [2.24, 2.45) is 0 Å². The molecule has 1 aliphatic heterocycles. The van der Waals surface area contributed by atoms with Crippen LogP contribution in [0.15, 0.2) is 35.7 Å². The molecule has 0 radical (unpaired) electrons. The molecule has 1 unspecified atom stereocenters. The second-order valence-corrected chi connectivity index (χ2v) is 7.70. The Bertz CT molecular complexity index is 767. The van der Waals surface area contributed by atoms with Crippen molar-refractivity contribution in [3.05, 3.63) is 46.2 Å². The lowest BCUT2D eigenvalue weighted by Crippen LogP contribution is -2.29. The van der Waals surface area contributed by atoms with Crippen molar-refractivity contribution in [2.45, 2.75) is 39.2 Å². The average molecular weight is 372 g/mol. The summed E-state index contributed by atoms with van der Waals surface area (Å²) in [4.78, 5) is 27.3. The maximum absolute atomic E-state index is 12.5. The molecular formula is C20H25N3O2S. The van der Waals surface area contributed by atoms with Crippen LogP contribution >= 0.6 is 11.3 Å². The molecule has 1 fully saturated rings. The second-order valence-electron chi connectivity index (χ2n) is 6.72. The van der Waals surface area contributed by atoms with Crippen molar-refractivity contribution in [1.82, 2.24) is 5.32 Å². The van der Waals surface area contributed by atoms with E-state index >= 15 is 0 Å². The first-order valence-electron chi connectivity index (χ1n) is 8.99. The van der Waals surface area contributed by atoms with Crippen LogP contribution in [0.1, 0.15) is 42.7 Å². The highest BCUT2D eigenvalue weighted by atomic mass is 32.1. The summed E-state index contributed by atoms with van der Waals surface area (Å²) in [6.07, 6.45) is 2.70. The van der Waals surface area contributed by atoms with Crippen LogP contribution in [-0.4, -0.2) is 24.9 Å². The van der Waals surface area contributed by atoms with Crippen molar-refractivity contribution >= 4 is 34.5 Å². The Morgan fingerprint density at radius 1 is 1.23 bits per heavy atom. The summed E-state index contributed by atoms with van der Waals surface area (Å²) < 4.78 is 0. The number of benzene rings is 1. The van der Waals surface area contributed by atoms with E-state index in [9.17, 15) is 9.59 Å². The Morgan fingerprint density at radius 3 is 2.62 bits per heavy atom. The summed E-state index contributed by atoms with van der Waals surface area (Å²) in [6, 6.07) is 9.63. The number of thiophene rings is 1. The normalized spacial score (nSPS) is 14.9. The first kappa shape index (κ1) is 18.5. The molecule has 3 rings (SSSR count). The topological polar surface area (TPSA) is 61.4 Å². The number of rotatable bonds is 6. The SMILES string of the molecule is CC(=O)NC(CC(=O)Nc1ccc(N2CCCC2)c(C)c1)c1cccs1. The lowest BCUT2D eigenvalue weighted by molar-refractivity contribution is -0.120. The fourth-order valence-electron chi connectivity index (χ4n) is 3.40. The maximum Gasteiger partial charge on any atom is 0.226 e. The number of carbonyl (C=O) groups excluding carboxylic acids is 2. The summed E-state index contributed by atoms with van der Waals surface area (Å²) >= 11 is 1.54. The molecule has 5 nitrogen and oxygen atoms in total. The monoisotopic (exact) mass is 371 g/mol. The third kappa shape index (κ3) is 4.64. The number of carbonyl (C=O) groups is 2. The zero-order chi connectivity index (χ0) is 18.5. The Labute approximate surface area is 158 Å². The van der Waals surface area contributed by atoms with Crippen molar-refractivity contribution in [1.29, 1.82) is 0 Å². The quantitative estimate of drug-likeness (QED) is 0.810. The molecule has 138 valence electrons. The van der Waals surface area contributed by atoms with Gasteiger partial charge in [0.15, 0.2) is 0 Å². The molecule has 2 amide bonds. The van der Waals surface area contributed by atoms with Gasteiger partial charge in [0.2, 0.25) is 11.8 Å². The number of anilines is 2. The number of aryl methyl sites for hydroxylation is 1. The summed E-state index contributed by atoms with van der Waals surface area (Å²) in [5.74, 6) is -0.243. The van der Waals surface area contributed by atoms with Gasteiger partial charge in [-0.05, 0) is 55.0 Å². The Morgan fingerprint density at radius 2 is 2.00 bits per heavy atom. The highest BCUT2D eigenvalue weighted by Gasteiger charge is 2.19. The molecule has 2 heterocycles. The molecule has 26 heavy (non-hydrogen) atoms. The van der Waals surface area contributed by atoms with Gasteiger partial charge in [-0.25, -0.2) is 0 Å². The van der Waals surface area contributed by atoms with Crippen LogP contribution < -0.4 is 15.5 Å². The highest BCUT2D eigenvalue weighted by Crippen LogP contribution is 2.27. The van der Waals surface area contributed by atoms with Gasteiger partial charge in [0.05, 0.1) is 12.5 Å². The zero-order valence-corrected chi connectivity index (χ0v) is 16.1. The van der Waals surface area contributed by atoms with Gasteiger partial charge in [-0.15, -0.1) is 11.3 Å². The summed E-state index contributed by atoms with van der Waals surface area (Å²) in [5.41, 5.74) is 3.21. The fourth-order valence-corrected chi connectivity index (χ4v) is 4.18. The van der Waals surface area contributed by atoms with Crippen LogP contribution in [0.25, 0.3) is 0 Å². The summed E-state index contributed by atoms with van der Waals surface area (Å²) in [5, 5.41) is 7.77. The predicted molar refractivity (Wildman–Crippen MR) is 107 cm³/mol. The Balaban J connectivity index is 1.65. The Hall–Kier alpha value is -2.34. The minimum atomic E-state index is -0.294. The maximum atomic E-state index is 12.5. The lowest BCUT2D eigenvalue weighted by Gasteiger charge is -2.21. The van der Waals surface area contributed by atoms with Crippen molar-refractivity contribution < 1.29 is 9.59 Å². The molecule has 0 bridgehead atoms. The van der Waals surface area contributed by atoms with Gasteiger partial charge in [-0.1, -0.05) is 6.07 Å². The van der Waals surface area contributed by atoms with Crippen LogP contribution in [0.4, 0.5) is 11.4 Å².